The van der Waals surface area contributed by atoms with Crippen molar-refractivity contribution in [2.75, 3.05) is 29.9 Å². The number of ether oxygens (including phenoxy) is 1. The second kappa shape index (κ2) is 12.9. The van der Waals surface area contributed by atoms with E-state index in [1.807, 2.05) is 54.6 Å². The minimum absolute atomic E-state index is 0.00714. The number of aliphatic carboxylic acids is 1. The first-order valence-electron chi connectivity index (χ1n) is 13.5. The van der Waals surface area contributed by atoms with Crippen molar-refractivity contribution < 1.29 is 24.2 Å². The number of piperidine rings is 1. The van der Waals surface area contributed by atoms with Crippen LogP contribution in [0.15, 0.2) is 78.9 Å². The molecular weight excluding hydrogens is 524 g/mol. The Morgan fingerprint density at radius 3 is 2.39 bits per heavy atom. The van der Waals surface area contributed by atoms with Crippen LogP contribution in [-0.2, 0) is 16.1 Å². The molecule has 2 amide bonds. The van der Waals surface area contributed by atoms with Crippen molar-refractivity contribution >= 4 is 40.6 Å². The molecule has 0 aliphatic carbocycles. The van der Waals surface area contributed by atoms with Crippen LogP contribution in [0.4, 0.5) is 16.4 Å². The lowest BCUT2D eigenvalue weighted by molar-refractivity contribution is -0.139. The van der Waals surface area contributed by atoms with Crippen LogP contribution in [0.25, 0.3) is 11.0 Å². The van der Waals surface area contributed by atoms with Crippen LogP contribution in [0, 0.1) is 0 Å². The van der Waals surface area contributed by atoms with E-state index in [0.717, 1.165) is 54.2 Å². The predicted molar refractivity (Wildman–Crippen MR) is 155 cm³/mol. The number of para-hydroxylation sites is 2. The molecule has 1 atom stereocenters. The summed E-state index contributed by atoms with van der Waals surface area (Å²) in [5.74, 6) is -0.934. The molecular formula is C30H32N6O5. The molecule has 1 aromatic heterocycles. The van der Waals surface area contributed by atoms with E-state index in [1.54, 1.807) is 24.3 Å². The fraction of sp³-hybridized carbons (Fsp3) is 0.267. The third-order valence-corrected chi connectivity index (χ3v) is 6.99. The number of amides is 2. The first kappa shape index (κ1) is 27.5. The Hall–Kier alpha value is -5.06. The molecule has 5 N–H and O–H groups in total. The highest BCUT2D eigenvalue weighted by molar-refractivity contribution is 5.95. The predicted octanol–water partition coefficient (Wildman–Crippen LogP) is 3.75. The number of anilines is 2. The van der Waals surface area contributed by atoms with Gasteiger partial charge in [0.05, 0.1) is 11.0 Å². The van der Waals surface area contributed by atoms with Gasteiger partial charge >= 0.3 is 12.1 Å². The number of hydrogen-bond donors (Lipinski definition) is 5. The molecule has 0 bridgehead atoms. The summed E-state index contributed by atoms with van der Waals surface area (Å²) in [6, 6.07) is 23.1. The molecule has 3 aromatic carbocycles. The van der Waals surface area contributed by atoms with Gasteiger partial charge in [0.1, 0.15) is 12.6 Å². The van der Waals surface area contributed by atoms with Gasteiger partial charge in [0.25, 0.3) is 5.91 Å². The van der Waals surface area contributed by atoms with Crippen LogP contribution in [0.5, 0.6) is 0 Å². The molecule has 11 heteroatoms. The molecule has 1 aliphatic heterocycles. The molecule has 1 aliphatic rings. The Morgan fingerprint density at radius 1 is 0.976 bits per heavy atom. The average Bonchev–Trinajstić information content (AvgIpc) is 3.41. The minimum atomic E-state index is -1.34. The Balaban J connectivity index is 1.07. The highest BCUT2D eigenvalue weighted by atomic mass is 16.5. The second-order valence-corrected chi connectivity index (χ2v) is 9.86. The molecule has 2 heterocycles. The summed E-state index contributed by atoms with van der Waals surface area (Å²) in [5.41, 5.74) is 4.12. The van der Waals surface area contributed by atoms with Gasteiger partial charge in [-0.15, -0.1) is 0 Å². The zero-order chi connectivity index (χ0) is 28.6. The van der Waals surface area contributed by atoms with Crippen molar-refractivity contribution in [3.05, 3.63) is 90.0 Å². The summed E-state index contributed by atoms with van der Waals surface area (Å²) in [6.07, 6.45) is 1.00. The number of nitrogens with one attached hydrogen (secondary N) is 4. The monoisotopic (exact) mass is 556 g/mol. The summed E-state index contributed by atoms with van der Waals surface area (Å²) in [6.45, 7) is 1.43. The number of aromatic nitrogens is 2. The first-order chi connectivity index (χ1) is 19.9. The lowest BCUT2D eigenvalue weighted by Gasteiger charge is -2.34. The van der Waals surface area contributed by atoms with E-state index in [-0.39, 0.29) is 13.2 Å². The molecule has 0 spiro atoms. The molecule has 11 nitrogen and oxygen atoms in total. The largest absolute Gasteiger partial charge is 0.480 e. The van der Waals surface area contributed by atoms with E-state index < -0.39 is 24.0 Å². The van der Waals surface area contributed by atoms with E-state index >= 15 is 0 Å². The number of carboxylic acid groups (broad SMARTS) is 1. The number of carbonyl (C=O) groups is 3. The summed E-state index contributed by atoms with van der Waals surface area (Å²) < 4.78 is 5.08. The summed E-state index contributed by atoms with van der Waals surface area (Å²) in [7, 11) is 0. The fourth-order valence-corrected chi connectivity index (χ4v) is 4.72. The molecule has 212 valence electrons. The van der Waals surface area contributed by atoms with Gasteiger partial charge in [-0.05, 0) is 54.8 Å². The van der Waals surface area contributed by atoms with E-state index in [9.17, 15) is 19.5 Å². The number of imidazole rings is 1. The maximum atomic E-state index is 12.7. The Labute approximate surface area is 236 Å². The smallest absolute Gasteiger partial charge is 0.408 e. The highest BCUT2D eigenvalue weighted by Crippen LogP contribution is 2.23. The molecule has 41 heavy (non-hydrogen) atoms. The van der Waals surface area contributed by atoms with Gasteiger partial charge in [-0.3, -0.25) is 4.79 Å². The van der Waals surface area contributed by atoms with Crippen LogP contribution < -0.4 is 20.9 Å². The average molecular weight is 557 g/mol. The molecule has 1 saturated heterocycles. The number of fused-ring (bicyclic) bond motifs is 1. The van der Waals surface area contributed by atoms with Crippen molar-refractivity contribution in [3.63, 3.8) is 0 Å². The number of aromatic amines is 1. The van der Waals surface area contributed by atoms with Crippen molar-refractivity contribution in [1.82, 2.24) is 20.6 Å². The third kappa shape index (κ3) is 7.33. The maximum Gasteiger partial charge on any atom is 0.408 e. The quantitative estimate of drug-likeness (QED) is 0.198. The number of alkyl carbamates (subject to hydrolysis) is 1. The van der Waals surface area contributed by atoms with Gasteiger partial charge < -0.3 is 35.7 Å². The van der Waals surface area contributed by atoms with E-state index in [2.05, 4.69) is 30.8 Å². The van der Waals surface area contributed by atoms with Crippen molar-refractivity contribution in [1.29, 1.82) is 0 Å². The SMILES string of the molecule is O=C(N[C@@H](CNC(=O)c1ccc(N2CCC(Nc3nc4ccccc4[nH]3)CC2)cc1)C(=O)O)OCc1ccccc1. The summed E-state index contributed by atoms with van der Waals surface area (Å²) in [5, 5.41) is 17.8. The zero-order valence-corrected chi connectivity index (χ0v) is 22.4. The Morgan fingerprint density at radius 2 is 1.68 bits per heavy atom. The molecule has 1 fully saturated rings. The van der Waals surface area contributed by atoms with Gasteiger partial charge in [0, 0.05) is 36.9 Å². The van der Waals surface area contributed by atoms with Crippen molar-refractivity contribution in [2.45, 2.75) is 31.5 Å². The van der Waals surface area contributed by atoms with Gasteiger partial charge in [-0.25, -0.2) is 14.6 Å². The van der Waals surface area contributed by atoms with Crippen molar-refractivity contribution in [2.24, 2.45) is 0 Å². The zero-order valence-electron chi connectivity index (χ0n) is 22.4. The highest BCUT2D eigenvalue weighted by Gasteiger charge is 2.23. The minimum Gasteiger partial charge on any atom is -0.480 e. The Bertz CT molecular complexity index is 1450. The van der Waals surface area contributed by atoms with E-state index in [1.165, 1.54) is 0 Å². The second-order valence-electron chi connectivity index (χ2n) is 9.86. The van der Waals surface area contributed by atoms with Crippen LogP contribution in [-0.4, -0.2) is 64.8 Å². The summed E-state index contributed by atoms with van der Waals surface area (Å²) in [4.78, 5) is 46.5. The number of benzene rings is 3. The van der Waals surface area contributed by atoms with Gasteiger partial charge in [-0.2, -0.15) is 0 Å². The van der Waals surface area contributed by atoms with Crippen LogP contribution in [0.1, 0.15) is 28.8 Å². The lowest BCUT2D eigenvalue weighted by Crippen LogP contribution is -2.48. The first-order valence-corrected chi connectivity index (χ1v) is 13.5. The van der Waals surface area contributed by atoms with Crippen LogP contribution in [0.2, 0.25) is 0 Å². The van der Waals surface area contributed by atoms with Crippen molar-refractivity contribution in [3.8, 4) is 0 Å². The number of nitrogens with zero attached hydrogens (tertiary/aromatic N) is 2. The fourth-order valence-electron chi connectivity index (χ4n) is 4.72. The van der Waals surface area contributed by atoms with E-state index in [0.29, 0.717) is 11.6 Å². The number of H-pyrrole nitrogens is 1. The lowest BCUT2D eigenvalue weighted by atomic mass is 10.0. The molecule has 0 saturated carbocycles. The maximum absolute atomic E-state index is 12.7. The molecule has 0 unspecified atom stereocenters. The number of hydrogen-bond acceptors (Lipinski definition) is 7. The van der Waals surface area contributed by atoms with Gasteiger partial charge in [0.15, 0.2) is 0 Å². The number of carbonyl (C=O) groups excluding carboxylic acids is 2. The van der Waals surface area contributed by atoms with Crippen LogP contribution in [0.3, 0.4) is 0 Å². The Kier molecular flexibility index (Phi) is 8.63. The summed E-state index contributed by atoms with van der Waals surface area (Å²) >= 11 is 0. The van der Waals surface area contributed by atoms with E-state index in [4.69, 9.17) is 4.74 Å². The molecule has 4 aromatic rings. The molecule has 0 radical (unpaired) electrons. The standard InChI is InChI=1S/C30H32N6O5/c37-27(31-18-26(28(38)39)35-30(40)41-19-20-6-2-1-3-7-20)21-10-12-23(13-11-21)36-16-14-22(15-17-36)32-29-33-24-8-4-5-9-25(24)34-29/h1-13,22,26H,14-19H2,(H,31,37)(H,35,40)(H,38,39)(H2,32,33,34)/t26-/m0/s1. The normalized spacial score (nSPS) is 14.3. The van der Waals surface area contributed by atoms with Gasteiger partial charge in [-0.1, -0.05) is 42.5 Å². The third-order valence-electron chi connectivity index (χ3n) is 6.99. The van der Waals surface area contributed by atoms with Crippen LogP contribution >= 0.6 is 0 Å². The number of rotatable bonds is 10. The number of carboxylic acids is 1. The van der Waals surface area contributed by atoms with Gasteiger partial charge in [0.2, 0.25) is 5.95 Å². The molecule has 5 rings (SSSR count). The topological polar surface area (TPSA) is 149 Å².